The van der Waals surface area contributed by atoms with Gasteiger partial charge in [-0.2, -0.15) is 12.6 Å². The number of carboxylic acid groups (broad SMARTS) is 2. The highest BCUT2D eigenvalue weighted by atomic mass is 32.1. The van der Waals surface area contributed by atoms with Gasteiger partial charge in [0.05, 0.1) is 18.6 Å². The summed E-state index contributed by atoms with van der Waals surface area (Å²) >= 11 is 4.25. The summed E-state index contributed by atoms with van der Waals surface area (Å²) in [5.41, 5.74) is 12.1. The number of hydrogen-bond acceptors (Lipinski definition) is 15. The molecule has 1 aliphatic rings. The summed E-state index contributed by atoms with van der Waals surface area (Å²) in [6.45, 7) is 9.04. The van der Waals surface area contributed by atoms with Crippen molar-refractivity contribution in [2.45, 2.75) is 153 Å². The molecule has 1 heterocycles. The van der Waals surface area contributed by atoms with Crippen molar-refractivity contribution in [3.05, 3.63) is 35.9 Å². The van der Waals surface area contributed by atoms with Crippen LogP contribution in [-0.4, -0.2) is 171 Å². The maximum Gasteiger partial charge on any atom is 0.322 e. The summed E-state index contributed by atoms with van der Waals surface area (Å²) < 4.78 is 0. The molecular formula is C47H75N11O14S. The second kappa shape index (κ2) is 31.3. The van der Waals surface area contributed by atoms with E-state index in [0.717, 1.165) is 0 Å². The van der Waals surface area contributed by atoms with Gasteiger partial charge < -0.3 is 74.2 Å². The summed E-state index contributed by atoms with van der Waals surface area (Å²) in [5, 5.41) is 48.3. The lowest BCUT2D eigenvalue weighted by molar-refractivity contribution is -0.142. The Balaban J connectivity index is 2.23. The van der Waals surface area contributed by atoms with Crippen molar-refractivity contribution in [1.82, 2.24) is 47.4 Å². The van der Waals surface area contributed by atoms with E-state index < -0.39 is 144 Å². The minimum Gasteiger partial charge on any atom is -0.481 e. The van der Waals surface area contributed by atoms with Crippen molar-refractivity contribution < 1.29 is 68.1 Å². The lowest BCUT2D eigenvalue weighted by atomic mass is 10.0. The first kappa shape index (κ1) is 62.7. The van der Waals surface area contributed by atoms with E-state index in [0.29, 0.717) is 24.8 Å². The number of carboxylic acids is 2. The van der Waals surface area contributed by atoms with Gasteiger partial charge >= 0.3 is 11.9 Å². The summed E-state index contributed by atoms with van der Waals surface area (Å²) in [6, 6.07) is -3.13. The van der Waals surface area contributed by atoms with Gasteiger partial charge in [-0.05, 0) is 76.3 Å². The Bertz CT molecular complexity index is 2080. The molecule has 1 aromatic carbocycles. The number of carbonyl (C=O) groups excluding carboxylic acids is 9. The van der Waals surface area contributed by atoms with Gasteiger partial charge in [0.1, 0.15) is 54.9 Å². The van der Waals surface area contributed by atoms with Crippen molar-refractivity contribution in [2.24, 2.45) is 23.3 Å². The maximum absolute atomic E-state index is 14.0. The minimum atomic E-state index is -1.58. The lowest BCUT2D eigenvalue weighted by Gasteiger charge is -2.31. The van der Waals surface area contributed by atoms with E-state index in [1.54, 1.807) is 58.0 Å². The van der Waals surface area contributed by atoms with E-state index in [-0.39, 0.29) is 50.4 Å². The third kappa shape index (κ3) is 21.3. The predicted molar refractivity (Wildman–Crippen MR) is 268 cm³/mol. The number of aliphatic hydroxyl groups excluding tert-OH is 1. The third-order valence-corrected chi connectivity index (χ3v) is 12.0. The van der Waals surface area contributed by atoms with Crippen LogP contribution in [0.5, 0.6) is 0 Å². The zero-order chi connectivity index (χ0) is 55.1. The summed E-state index contributed by atoms with van der Waals surface area (Å²) in [5.74, 6) is -11.0. The van der Waals surface area contributed by atoms with Crippen LogP contribution in [0.25, 0.3) is 0 Å². The summed E-state index contributed by atoms with van der Waals surface area (Å²) in [6.07, 6.45) is -0.650. The number of benzene rings is 1. The topological polar surface area (TPSA) is 400 Å². The van der Waals surface area contributed by atoms with E-state index in [2.05, 4.69) is 55.2 Å². The van der Waals surface area contributed by atoms with Crippen LogP contribution in [0.4, 0.5) is 0 Å². The lowest BCUT2D eigenvalue weighted by Crippen LogP contribution is -2.61. The number of hydrogen-bond donors (Lipinski definition) is 14. The first-order chi connectivity index (χ1) is 34.3. The number of likely N-dealkylation sites (tertiary alicyclic amines) is 1. The van der Waals surface area contributed by atoms with E-state index in [9.17, 15) is 57.8 Å². The van der Waals surface area contributed by atoms with Gasteiger partial charge in [-0.1, -0.05) is 58.0 Å². The molecule has 0 aromatic heterocycles. The molecule has 0 saturated carbocycles. The number of rotatable bonds is 31. The van der Waals surface area contributed by atoms with Gasteiger partial charge in [-0.15, -0.1) is 0 Å². The highest BCUT2D eigenvalue weighted by molar-refractivity contribution is 7.80. The van der Waals surface area contributed by atoms with Crippen LogP contribution in [-0.2, 0) is 59.2 Å². The largest absolute Gasteiger partial charge is 0.481 e. The van der Waals surface area contributed by atoms with Crippen LogP contribution in [0.2, 0.25) is 0 Å². The molecule has 0 bridgehead atoms. The summed E-state index contributed by atoms with van der Waals surface area (Å²) in [7, 11) is 0. The average Bonchev–Trinajstić information content (AvgIpc) is 3.82. The van der Waals surface area contributed by atoms with Crippen molar-refractivity contribution in [2.75, 3.05) is 25.4 Å². The standard InChI is InChI=1S/C47H75N11O14S/c1-24(2)19-31(42(67)57-38(27(6)59)45(70)50-22-36(62)63)54-43(68)33(23-73)55-40(65)30(15-10-11-17-48)52-46(71)37(25(3)4)56-44(69)34-16-12-18-58(34)47(72)26(5)51-41(66)32(20-28-13-8-7-9-14-28)53-39(64)29(49)21-35(60)61/h7-9,13-14,24-27,29-34,37-38,59,73H,10-12,15-23,48-49H2,1-6H3,(H,50,70)(H,51,66)(H,52,71)(H,53,64)(H,54,68)(H,55,65)(H,56,69)(H,57,67)(H,60,61)(H,62,63)/t26-,27+,29-,30-,31-,32-,33-,34-,37-,38-/m0/s1. The van der Waals surface area contributed by atoms with Crippen LogP contribution >= 0.6 is 12.6 Å². The fourth-order valence-corrected chi connectivity index (χ4v) is 7.98. The summed E-state index contributed by atoms with van der Waals surface area (Å²) in [4.78, 5) is 145. The van der Waals surface area contributed by atoms with E-state index in [1.807, 2.05) is 0 Å². The van der Waals surface area contributed by atoms with Gasteiger partial charge in [0, 0.05) is 18.7 Å². The molecule has 1 aromatic rings. The molecule has 408 valence electrons. The molecule has 15 N–H and O–H groups in total. The quantitative estimate of drug-likeness (QED) is 0.0257. The van der Waals surface area contributed by atoms with Crippen LogP contribution < -0.4 is 54.0 Å². The molecule has 10 atom stereocenters. The Kier molecular flexibility index (Phi) is 26.9. The van der Waals surface area contributed by atoms with E-state index >= 15 is 0 Å². The fourth-order valence-electron chi connectivity index (χ4n) is 7.73. The Labute approximate surface area is 430 Å². The molecule has 1 saturated heterocycles. The zero-order valence-corrected chi connectivity index (χ0v) is 43.1. The van der Waals surface area contributed by atoms with Gasteiger partial charge in [0.25, 0.3) is 0 Å². The molecule has 26 heteroatoms. The smallest absolute Gasteiger partial charge is 0.322 e. The number of unbranched alkanes of at least 4 members (excludes halogenated alkanes) is 1. The van der Waals surface area contributed by atoms with E-state index in [4.69, 9.17) is 21.7 Å². The molecular weight excluding hydrogens is 975 g/mol. The third-order valence-electron chi connectivity index (χ3n) is 11.7. The Morgan fingerprint density at radius 3 is 1.82 bits per heavy atom. The number of aliphatic hydroxyl groups is 1. The second-order valence-corrected chi connectivity index (χ2v) is 19.1. The SMILES string of the molecule is CC(C)C[C@H](NC(=O)[C@H](CS)NC(=O)[C@H](CCCCN)NC(=O)[C@@H](NC(=O)[C@@H]1CCCN1C(=O)[C@H](C)NC(=O)[C@H](Cc1ccccc1)NC(=O)[C@@H](N)CC(=O)O)C(C)C)C(=O)N[C@H](C(=O)NCC(=O)O)[C@@H](C)O. The number of amides is 9. The van der Waals surface area contributed by atoms with Gasteiger partial charge in [-0.25, -0.2) is 0 Å². The normalized spacial score (nSPS) is 17.0. The first-order valence-corrected chi connectivity index (χ1v) is 24.9. The average molecular weight is 1050 g/mol. The fraction of sp³-hybridized carbons (Fsp3) is 0.638. The number of aliphatic carboxylic acids is 2. The monoisotopic (exact) mass is 1050 g/mol. The molecule has 9 amide bonds. The van der Waals surface area contributed by atoms with Crippen molar-refractivity contribution in [3.8, 4) is 0 Å². The highest BCUT2D eigenvalue weighted by Gasteiger charge is 2.40. The number of nitrogens with zero attached hydrogens (tertiary/aromatic N) is 1. The Morgan fingerprint density at radius 1 is 0.685 bits per heavy atom. The Morgan fingerprint density at radius 2 is 1.26 bits per heavy atom. The number of nitrogens with one attached hydrogen (secondary N) is 8. The maximum atomic E-state index is 14.0. The molecule has 1 fully saturated rings. The zero-order valence-electron chi connectivity index (χ0n) is 42.2. The van der Waals surface area contributed by atoms with Crippen LogP contribution in [0.1, 0.15) is 92.1 Å². The van der Waals surface area contributed by atoms with Gasteiger partial charge in [0.15, 0.2) is 0 Å². The molecule has 0 spiro atoms. The molecule has 1 aliphatic heterocycles. The van der Waals surface area contributed by atoms with Crippen molar-refractivity contribution in [3.63, 3.8) is 0 Å². The molecule has 73 heavy (non-hydrogen) atoms. The van der Waals surface area contributed by atoms with Crippen molar-refractivity contribution >= 4 is 77.7 Å². The second-order valence-electron chi connectivity index (χ2n) is 18.7. The number of thiol groups is 1. The van der Waals surface area contributed by atoms with Crippen LogP contribution in [0, 0.1) is 11.8 Å². The van der Waals surface area contributed by atoms with Crippen LogP contribution in [0.3, 0.4) is 0 Å². The molecule has 0 unspecified atom stereocenters. The van der Waals surface area contributed by atoms with Crippen LogP contribution in [0.15, 0.2) is 30.3 Å². The van der Waals surface area contributed by atoms with E-state index in [1.165, 1.54) is 18.7 Å². The van der Waals surface area contributed by atoms with Crippen molar-refractivity contribution in [1.29, 1.82) is 0 Å². The molecule has 0 aliphatic carbocycles. The number of carbonyl (C=O) groups is 11. The van der Waals surface area contributed by atoms with Gasteiger partial charge in [0.2, 0.25) is 53.2 Å². The molecule has 25 nitrogen and oxygen atoms in total. The predicted octanol–water partition coefficient (Wildman–Crippen LogP) is -3.22. The first-order valence-electron chi connectivity index (χ1n) is 24.2. The molecule has 0 radical (unpaired) electrons. The minimum absolute atomic E-state index is 0.0250. The van der Waals surface area contributed by atoms with Gasteiger partial charge in [-0.3, -0.25) is 52.7 Å². The molecule has 2 rings (SSSR count). The Hall–Kier alpha value is -6.38. The highest BCUT2D eigenvalue weighted by Crippen LogP contribution is 2.20. The number of nitrogens with two attached hydrogens (primary N) is 2.